The first-order valence-corrected chi connectivity index (χ1v) is 11.4. The van der Waals surface area contributed by atoms with Gasteiger partial charge in [0.15, 0.2) is 0 Å². The number of carbonyl (C=O) groups is 1. The quantitative estimate of drug-likeness (QED) is 0.763. The Balaban J connectivity index is 1.42. The van der Waals surface area contributed by atoms with E-state index in [-0.39, 0.29) is 18.5 Å². The maximum absolute atomic E-state index is 13.3. The summed E-state index contributed by atoms with van der Waals surface area (Å²) in [5, 5.41) is 2.95. The summed E-state index contributed by atoms with van der Waals surface area (Å²) in [6.07, 6.45) is 2.32. The lowest BCUT2D eigenvalue weighted by Crippen LogP contribution is -2.62. The van der Waals surface area contributed by atoms with E-state index in [2.05, 4.69) is 15.1 Å². The van der Waals surface area contributed by atoms with Crippen LogP contribution in [0, 0.1) is 5.92 Å². The van der Waals surface area contributed by atoms with Crippen LogP contribution in [0.4, 0.5) is 18.9 Å². The number of nitrogens with zero attached hydrogens (tertiary/aromatic N) is 2. The van der Waals surface area contributed by atoms with Crippen LogP contribution in [0.5, 0.6) is 0 Å². The van der Waals surface area contributed by atoms with Crippen molar-refractivity contribution < 1.29 is 22.4 Å². The molecule has 1 saturated carbocycles. The summed E-state index contributed by atoms with van der Waals surface area (Å²) < 4.78 is 45.3. The Kier molecular flexibility index (Phi) is 5.65. The molecule has 8 heteroatoms. The standard InChI is InChI=1S/C24H28F3N3O2/c25-24(26,27)17-7-8-21-16(12-17)13-20(23(31)28-14-19-6-3-11-32-19)22-15-29(9-10-30(21)22)18-4-1-2-5-18/h3,6-8,11-12,18,20,22H,1-2,4-5,9-10,13-15H2,(H,28,31). The number of anilines is 1. The van der Waals surface area contributed by atoms with Crippen LogP contribution in [-0.2, 0) is 23.9 Å². The molecule has 5 rings (SSSR count). The third-order valence-corrected chi connectivity index (χ3v) is 7.27. The predicted octanol–water partition coefficient (Wildman–Crippen LogP) is 4.22. The average molecular weight is 448 g/mol. The molecule has 2 atom stereocenters. The number of halogens is 3. The van der Waals surface area contributed by atoms with Crippen LogP contribution in [0.2, 0.25) is 0 Å². The van der Waals surface area contributed by atoms with Crippen molar-refractivity contribution in [3.05, 3.63) is 53.5 Å². The molecule has 1 N–H and O–H groups in total. The highest BCUT2D eigenvalue weighted by molar-refractivity contribution is 5.82. The lowest BCUT2D eigenvalue weighted by atomic mass is 9.82. The molecule has 0 spiro atoms. The molecule has 1 amide bonds. The van der Waals surface area contributed by atoms with Gasteiger partial charge in [-0.15, -0.1) is 0 Å². The summed E-state index contributed by atoms with van der Waals surface area (Å²) in [4.78, 5) is 17.9. The number of hydrogen-bond acceptors (Lipinski definition) is 4. The van der Waals surface area contributed by atoms with Crippen molar-refractivity contribution >= 4 is 11.6 Å². The van der Waals surface area contributed by atoms with Gasteiger partial charge >= 0.3 is 6.18 Å². The van der Waals surface area contributed by atoms with Gasteiger partial charge in [-0.3, -0.25) is 9.69 Å². The summed E-state index contributed by atoms with van der Waals surface area (Å²) in [7, 11) is 0. The number of piperazine rings is 1. The Morgan fingerprint density at radius 1 is 1.16 bits per heavy atom. The molecule has 1 aromatic carbocycles. The van der Waals surface area contributed by atoms with E-state index in [1.807, 2.05) is 0 Å². The first-order chi connectivity index (χ1) is 15.4. The van der Waals surface area contributed by atoms with Gasteiger partial charge in [0.25, 0.3) is 0 Å². The molecule has 172 valence electrons. The second-order valence-corrected chi connectivity index (χ2v) is 9.14. The molecule has 0 bridgehead atoms. The fourth-order valence-corrected chi connectivity index (χ4v) is 5.64. The number of fused-ring (bicyclic) bond motifs is 3. The summed E-state index contributed by atoms with van der Waals surface area (Å²) in [5.41, 5.74) is 0.779. The lowest BCUT2D eigenvalue weighted by Gasteiger charge is -2.50. The fraction of sp³-hybridized carbons (Fsp3) is 0.542. The normalized spacial score (nSPS) is 24.3. The summed E-state index contributed by atoms with van der Waals surface area (Å²) in [5.74, 6) is 0.111. The van der Waals surface area contributed by atoms with Crippen LogP contribution in [0.3, 0.4) is 0 Å². The molecule has 5 nitrogen and oxygen atoms in total. The molecule has 2 fully saturated rings. The van der Waals surface area contributed by atoms with Crippen LogP contribution in [0.25, 0.3) is 0 Å². The number of alkyl halides is 3. The van der Waals surface area contributed by atoms with Crippen molar-refractivity contribution in [1.29, 1.82) is 0 Å². The van der Waals surface area contributed by atoms with E-state index in [0.717, 1.165) is 31.4 Å². The zero-order valence-electron chi connectivity index (χ0n) is 17.9. The van der Waals surface area contributed by atoms with Gasteiger partial charge in [-0.05, 0) is 55.2 Å². The van der Waals surface area contributed by atoms with Crippen LogP contribution in [-0.4, -0.2) is 42.5 Å². The van der Waals surface area contributed by atoms with Crippen LogP contribution < -0.4 is 10.2 Å². The van der Waals surface area contributed by atoms with Gasteiger partial charge in [-0.2, -0.15) is 13.2 Å². The van der Waals surface area contributed by atoms with Crippen molar-refractivity contribution in [2.24, 2.45) is 5.92 Å². The summed E-state index contributed by atoms with van der Waals surface area (Å²) in [6, 6.07) is 8.04. The summed E-state index contributed by atoms with van der Waals surface area (Å²) in [6.45, 7) is 2.64. The van der Waals surface area contributed by atoms with E-state index in [9.17, 15) is 18.0 Å². The zero-order valence-corrected chi connectivity index (χ0v) is 17.9. The molecular formula is C24H28F3N3O2. The van der Waals surface area contributed by atoms with Crippen molar-refractivity contribution in [3.63, 3.8) is 0 Å². The lowest BCUT2D eigenvalue weighted by molar-refractivity contribution is -0.137. The largest absolute Gasteiger partial charge is 0.467 e. The van der Waals surface area contributed by atoms with Gasteiger partial charge in [0.1, 0.15) is 5.76 Å². The minimum Gasteiger partial charge on any atom is -0.467 e. The first-order valence-electron chi connectivity index (χ1n) is 11.4. The average Bonchev–Trinajstić information content (AvgIpc) is 3.50. The SMILES string of the molecule is O=C(NCc1ccco1)C1Cc2cc(C(F)(F)F)ccc2N2CCN(C3CCCC3)CC12. The molecule has 0 radical (unpaired) electrons. The molecule has 2 unspecified atom stereocenters. The van der Waals surface area contributed by atoms with Gasteiger partial charge in [-0.1, -0.05) is 12.8 Å². The number of hydrogen-bond donors (Lipinski definition) is 1. The molecule has 1 aromatic heterocycles. The highest BCUT2D eigenvalue weighted by Gasteiger charge is 2.43. The van der Waals surface area contributed by atoms with Gasteiger partial charge < -0.3 is 14.6 Å². The Bertz CT molecular complexity index is 954. The van der Waals surface area contributed by atoms with Crippen LogP contribution >= 0.6 is 0 Å². The molecule has 3 heterocycles. The van der Waals surface area contributed by atoms with Gasteiger partial charge in [0, 0.05) is 31.4 Å². The third-order valence-electron chi connectivity index (χ3n) is 7.27. The number of amides is 1. The third kappa shape index (κ3) is 4.12. The smallest absolute Gasteiger partial charge is 0.416 e. The fourth-order valence-electron chi connectivity index (χ4n) is 5.64. The van der Waals surface area contributed by atoms with Crippen molar-refractivity contribution in [1.82, 2.24) is 10.2 Å². The summed E-state index contributed by atoms with van der Waals surface area (Å²) >= 11 is 0. The molecule has 2 aromatic rings. The van der Waals surface area contributed by atoms with E-state index in [0.29, 0.717) is 23.8 Å². The van der Waals surface area contributed by atoms with E-state index in [1.54, 1.807) is 24.5 Å². The topological polar surface area (TPSA) is 48.7 Å². The highest BCUT2D eigenvalue weighted by Crippen LogP contribution is 2.40. The van der Waals surface area contributed by atoms with E-state index in [4.69, 9.17) is 4.42 Å². The van der Waals surface area contributed by atoms with Crippen molar-refractivity contribution in [2.75, 3.05) is 24.5 Å². The number of rotatable bonds is 4. The second-order valence-electron chi connectivity index (χ2n) is 9.14. The Hall–Kier alpha value is -2.48. The molecule has 1 aliphatic carbocycles. The zero-order chi connectivity index (χ0) is 22.3. The number of benzene rings is 1. The molecule has 32 heavy (non-hydrogen) atoms. The first kappa shape index (κ1) is 21.4. The minimum absolute atomic E-state index is 0.0508. The van der Waals surface area contributed by atoms with Crippen LogP contribution in [0.1, 0.15) is 42.6 Å². The number of nitrogens with one attached hydrogen (secondary N) is 1. The van der Waals surface area contributed by atoms with Crippen LogP contribution in [0.15, 0.2) is 41.0 Å². The Morgan fingerprint density at radius 3 is 2.69 bits per heavy atom. The van der Waals surface area contributed by atoms with E-state index < -0.39 is 17.7 Å². The van der Waals surface area contributed by atoms with Crippen molar-refractivity contribution in [2.45, 2.75) is 56.9 Å². The molecular weight excluding hydrogens is 419 g/mol. The molecule has 2 aliphatic heterocycles. The monoisotopic (exact) mass is 447 g/mol. The maximum atomic E-state index is 13.3. The van der Waals surface area contributed by atoms with Gasteiger partial charge in [0.2, 0.25) is 5.91 Å². The Labute approximate surface area is 185 Å². The highest BCUT2D eigenvalue weighted by atomic mass is 19.4. The molecule has 3 aliphatic rings. The second kappa shape index (κ2) is 8.46. The maximum Gasteiger partial charge on any atom is 0.416 e. The number of furan rings is 1. The Morgan fingerprint density at radius 2 is 1.97 bits per heavy atom. The van der Waals surface area contributed by atoms with E-state index >= 15 is 0 Å². The van der Waals surface area contributed by atoms with Gasteiger partial charge in [0.05, 0.1) is 30.3 Å². The van der Waals surface area contributed by atoms with E-state index in [1.165, 1.54) is 31.7 Å². The predicted molar refractivity (Wildman–Crippen MR) is 114 cm³/mol. The minimum atomic E-state index is -4.40. The number of carbonyl (C=O) groups excluding carboxylic acids is 1. The molecule has 1 saturated heterocycles. The van der Waals surface area contributed by atoms with Gasteiger partial charge in [-0.25, -0.2) is 0 Å². The van der Waals surface area contributed by atoms with Crippen molar-refractivity contribution in [3.8, 4) is 0 Å².